The minimum Gasteiger partial charge on any atom is -0.354 e. The average molecular weight is 261 g/mol. The molecule has 2 atom stereocenters. The Morgan fingerprint density at radius 2 is 2.00 bits per heavy atom. The Morgan fingerprint density at radius 1 is 1.05 bits per heavy atom. The smallest absolute Gasteiger partial charge is 0.221 e. The van der Waals surface area contributed by atoms with E-state index >= 15 is 0 Å². The molecule has 4 rings (SSSR count). The molecule has 1 saturated carbocycles. The van der Waals surface area contributed by atoms with Gasteiger partial charge >= 0.3 is 0 Å². The number of hydrogen-bond donors (Lipinski definition) is 2. The van der Waals surface area contributed by atoms with Gasteiger partial charge in [0.05, 0.1) is 6.04 Å². The van der Waals surface area contributed by atoms with Gasteiger partial charge in [-0.15, -0.1) is 0 Å². The van der Waals surface area contributed by atoms with Gasteiger partial charge in [-0.05, 0) is 51.1 Å². The Kier molecular flexibility index (Phi) is 2.94. The fourth-order valence-corrected chi connectivity index (χ4v) is 3.63. The van der Waals surface area contributed by atoms with Crippen LogP contribution in [0.3, 0.4) is 0 Å². The minimum atomic E-state index is 0.547. The molecular weight excluding hydrogens is 238 g/mol. The highest BCUT2D eigenvalue weighted by atomic mass is 15.4. The van der Waals surface area contributed by atoms with Gasteiger partial charge in [-0.25, -0.2) is 4.68 Å². The molecule has 19 heavy (non-hydrogen) atoms. The lowest BCUT2D eigenvalue weighted by atomic mass is 9.85. The molecule has 2 N–H and O–H groups in total. The van der Waals surface area contributed by atoms with Crippen LogP contribution in [0, 0.1) is 5.92 Å². The van der Waals surface area contributed by atoms with E-state index in [0.717, 1.165) is 30.8 Å². The van der Waals surface area contributed by atoms with Crippen molar-refractivity contribution in [2.75, 3.05) is 25.0 Å². The molecule has 0 radical (unpaired) electrons. The normalized spacial score (nSPS) is 31.4. The molecule has 3 aliphatic rings. The van der Waals surface area contributed by atoms with E-state index in [9.17, 15) is 0 Å². The van der Waals surface area contributed by atoms with Crippen LogP contribution in [-0.2, 0) is 0 Å². The molecule has 1 aliphatic carbocycles. The van der Waals surface area contributed by atoms with E-state index in [2.05, 4.69) is 15.3 Å². The van der Waals surface area contributed by atoms with Crippen LogP contribution in [0.2, 0.25) is 0 Å². The molecule has 1 aromatic heterocycles. The third-order valence-electron chi connectivity index (χ3n) is 5.03. The number of fused-ring (bicyclic) bond motifs is 1. The Labute approximate surface area is 114 Å². The fraction of sp³-hybridized carbons (Fsp3) is 0.857. The van der Waals surface area contributed by atoms with Crippen LogP contribution < -0.4 is 10.6 Å². The maximum atomic E-state index is 4.84. The van der Waals surface area contributed by atoms with Crippen molar-refractivity contribution in [3.63, 3.8) is 0 Å². The third-order valence-corrected chi connectivity index (χ3v) is 5.03. The van der Waals surface area contributed by atoms with E-state index in [-0.39, 0.29) is 0 Å². The summed E-state index contributed by atoms with van der Waals surface area (Å²) >= 11 is 0. The van der Waals surface area contributed by atoms with Gasteiger partial charge in [-0.2, -0.15) is 10.1 Å². The summed E-state index contributed by atoms with van der Waals surface area (Å²) in [5.74, 6) is 3.46. The van der Waals surface area contributed by atoms with E-state index in [0.29, 0.717) is 12.0 Å². The SMILES string of the molecule is C1CC(c2nc3n(n2)C(C2CCCNC2)CCN3)C1. The first kappa shape index (κ1) is 11.7. The number of nitrogens with one attached hydrogen (secondary N) is 2. The summed E-state index contributed by atoms with van der Waals surface area (Å²) in [6.07, 6.45) is 7.72. The van der Waals surface area contributed by atoms with Gasteiger partial charge < -0.3 is 10.6 Å². The number of piperidine rings is 1. The molecule has 5 nitrogen and oxygen atoms in total. The molecule has 2 unspecified atom stereocenters. The molecule has 0 bridgehead atoms. The molecule has 104 valence electrons. The molecule has 0 spiro atoms. The summed E-state index contributed by atoms with van der Waals surface area (Å²) in [5, 5.41) is 11.8. The zero-order valence-corrected chi connectivity index (χ0v) is 11.4. The van der Waals surface area contributed by atoms with Crippen LogP contribution in [0.15, 0.2) is 0 Å². The topological polar surface area (TPSA) is 54.8 Å². The second-order valence-electron chi connectivity index (χ2n) is 6.26. The van der Waals surface area contributed by atoms with Gasteiger partial charge in [0, 0.05) is 12.5 Å². The first-order chi connectivity index (χ1) is 9.42. The second-order valence-corrected chi connectivity index (χ2v) is 6.26. The summed E-state index contributed by atoms with van der Waals surface area (Å²) in [6, 6.07) is 0.547. The van der Waals surface area contributed by atoms with Crippen molar-refractivity contribution in [2.45, 2.75) is 50.5 Å². The Bertz CT molecular complexity index is 445. The Hall–Kier alpha value is -1.10. The van der Waals surface area contributed by atoms with Crippen molar-refractivity contribution in [1.29, 1.82) is 0 Å². The van der Waals surface area contributed by atoms with Gasteiger partial charge in [0.1, 0.15) is 0 Å². The molecule has 2 aliphatic heterocycles. The summed E-state index contributed by atoms with van der Waals surface area (Å²) in [7, 11) is 0. The van der Waals surface area contributed by atoms with E-state index in [1.54, 1.807) is 0 Å². The van der Waals surface area contributed by atoms with Gasteiger partial charge in [0.25, 0.3) is 0 Å². The molecule has 0 aromatic carbocycles. The number of anilines is 1. The highest BCUT2D eigenvalue weighted by Gasteiger charge is 2.33. The van der Waals surface area contributed by atoms with Gasteiger partial charge in [-0.3, -0.25) is 0 Å². The van der Waals surface area contributed by atoms with E-state index < -0.39 is 0 Å². The monoisotopic (exact) mass is 261 g/mol. The minimum absolute atomic E-state index is 0.547. The second kappa shape index (κ2) is 4.78. The highest BCUT2D eigenvalue weighted by molar-refractivity contribution is 5.29. The zero-order valence-electron chi connectivity index (χ0n) is 11.4. The lowest BCUT2D eigenvalue weighted by Crippen LogP contribution is -2.38. The molecular formula is C14H23N5. The molecule has 0 amide bonds. The molecule has 5 heteroatoms. The Balaban J connectivity index is 1.59. The standard InChI is InChI=1S/C14H23N5/c1-3-10(4-1)13-17-14-16-8-6-12(19(14)18-13)11-5-2-7-15-9-11/h10-12,15H,1-9H2,(H,16,17,18). The summed E-state index contributed by atoms with van der Waals surface area (Å²) < 4.78 is 2.20. The van der Waals surface area contributed by atoms with Crippen molar-refractivity contribution >= 4 is 5.95 Å². The summed E-state index contributed by atoms with van der Waals surface area (Å²) in [4.78, 5) is 4.74. The average Bonchev–Trinajstić information content (AvgIpc) is 2.80. The zero-order chi connectivity index (χ0) is 12.7. The van der Waals surface area contributed by atoms with Crippen molar-refractivity contribution in [2.24, 2.45) is 5.92 Å². The predicted molar refractivity (Wildman–Crippen MR) is 74.4 cm³/mol. The van der Waals surface area contributed by atoms with Crippen molar-refractivity contribution < 1.29 is 0 Å². The number of nitrogens with zero attached hydrogens (tertiary/aromatic N) is 3. The summed E-state index contributed by atoms with van der Waals surface area (Å²) in [6.45, 7) is 3.37. The largest absolute Gasteiger partial charge is 0.354 e. The number of aromatic nitrogens is 3. The van der Waals surface area contributed by atoms with Crippen LogP contribution in [-0.4, -0.2) is 34.4 Å². The number of rotatable bonds is 2. The lowest BCUT2D eigenvalue weighted by molar-refractivity contribution is 0.233. The van der Waals surface area contributed by atoms with Crippen LogP contribution in [0.1, 0.15) is 56.3 Å². The van der Waals surface area contributed by atoms with Crippen LogP contribution in [0.25, 0.3) is 0 Å². The van der Waals surface area contributed by atoms with Crippen LogP contribution in [0.4, 0.5) is 5.95 Å². The van der Waals surface area contributed by atoms with Gasteiger partial charge in [0.15, 0.2) is 5.82 Å². The van der Waals surface area contributed by atoms with Crippen LogP contribution in [0.5, 0.6) is 0 Å². The molecule has 1 saturated heterocycles. The van der Waals surface area contributed by atoms with Gasteiger partial charge in [-0.1, -0.05) is 6.42 Å². The predicted octanol–water partition coefficient (Wildman–Crippen LogP) is 1.90. The van der Waals surface area contributed by atoms with Crippen LogP contribution >= 0.6 is 0 Å². The molecule has 2 fully saturated rings. The third kappa shape index (κ3) is 2.04. The first-order valence-corrected chi connectivity index (χ1v) is 7.83. The lowest BCUT2D eigenvalue weighted by Gasteiger charge is -2.34. The first-order valence-electron chi connectivity index (χ1n) is 7.83. The highest BCUT2D eigenvalue weighted by Crippen LogP contribution is 2.37. The van der Waals surface area contributed by atoms with Crippen molar-refractivity contribution in [3.8, 4) is 0 Å². The quantitative estimate of drug-likeness (QED) is 0.854. The maximum absolute atomic E-state index is 4.84. The number of hydrogen-bond acceptors (Lipinski definition) is 4. The summed E-state index contributed by atoms with van der Waals surface area (Å²) in [5.41, 5.74) is 0. The van der Waals surface area contributed by atoms with E-state index in [4.69, 9.17) is 10.1 Å². The fourth-order valence-electron chi connectivity index (χ4n) is 3.63. The van der Waals surface area contributed by atoms with E-state index in [1.807, 2.05) is 0 Å². The maximum Gasteiger partial charge on any atom is 0.221 e. The van der Waals surface area contributed by atoms with Gasteiger partial charge in [0.2, 0.25) is 5.95 Å². The molecule has 1 aromatic rings. The van der Waals surface area contributed by atoms with Crippen molar-refractivity contribution in [3.05, 3.63) is 5.82 Å². The van der Waals surface area contributed by atoms with E-state index in [1.165, 1.54) is 45.1 Å². The van der Waals surface area contributed by atoms with Crippen molar-refractivity contribution in [1.82, 2.24) is 20.1 Å². The molecule has 3 heterocycles. The Morgan fingerprint density at radius 3 is 2.74 bits per heavy atom.